The Balaban J connectivity index is 1.83. The number of halogens is 1. The molecule has 1 aliphatic rings. The van der Waals surface area contributed by atoms with Gasteiger partial charge in [0.25, 0.3) is 5.91 Å². The molecule has 1 fully saturated rings. The molecule has 108 valence electrons. The van der Waals surface area contributed by atoms with Crippen LogP contribution in [0, 0.1) is 12.8 Å². The molecule has 0 spiro atoms. The molecule has 21 heavy (non-hydrogen) atoms. The Morgan fingerprint density at radius 2 is 2.19 bits per heavy atom. The Bertz CT molecular complexity index is 672. The van der Waals surface area contributed by atoms with Crippen LogP contribution >= 0.6 is 11.6 Å². The van der Waals surface area contributed by atoms with Crippen molar-refractivity contribution in [3.05, 3.63) is 52.8 Å². The predicted molar refractivity (Wildman–Crippen MR) is 78.9 cm³/mol. The fourth-order valence-electron chi connectivity index (χ4n) is 2.22. The third-order valence-corrected chi connectivity index (χ3v) is 3.79. The van der Waals surface area contributed by atoms with E-state index >= 15 is 0 Å². The second kappa shape index (κ2) is 5.77. The fourth-order valence-corrected chi connectivity index (χ4v) is 2.42. The third kappa shape index (κ3) is 3.19. The molecule has 1 amide bonds. The Morgan fingerprint density at radius 1 is 1.38 bits per heavy atom. The number of hydrogen-bond donors (Lipinski definition) is 1. The number of rotatable bonds is 4. The van der Waals surface area contributed by atoms with Gasteiger partial charge in [-0.2, -0.15) is 0 Å². The minimum Gasteiger partial charge on any atom is -0.342 e. The van der Waals surface area contributed by atoms with Crippen LogP contribution in [0.1, 0.15) is 40.8 Å². The highest BCUT2D eigenvalue weighted by Crippen LogP contribution is 2.40. The minimum absolute atomic E-state index is 0.165. The van der Waals surface area contributed by atoms with Crippen molar-refractivity contribution < 1.29 is 4.79 Å². The lowest BCUT2D eigenvalue weighted by atomic mass is 10.1. The topological polar surface area (TPSA) is 67.8 Å². The lowest BCUT2D eigenvalue weighted by Crippen LogP contribution is -2.31. The molecule has 2 heterocycles. The van der Waals surface area contributed by atoms with E-state index in [2.05, 4.69) is 20.3 Å². The highest BCUT2D eigenvalue weighted by Gasteiger charge is 2.35. The second-order valence-corrected chi connectivity index (χ2v) is 5.61. The molecule has 2 aromatic rings. The summed E-state index contributed by atoms with van der Waals surface area (Å²) in [6.45, 7) is 1.91. The molecule has 0 bridgehead atoms. The SMILES string of the molecule is Cc1ccnc([C@@H](NC(=O)c2ccncc2Cl)C2CC2)n1. The van der Waals surface area contributed by atoms with Gasteiger partial charge in [0.05, 0.1) is 16.6 Å². The maximum atomic E-state index is 12.4. The number of pyridine rings is 1. The van der Waals surface area contributed by atoms with E-state index < -0.39 is 0 Å². The maximum absolute atomic E-state index is 12.4. The molecule has 0 aliphatic heterocycles. The van der Waals surface area contributed by atoms with Crippen LogP contribution in [0.2, 0.25) is 5.02 Å². The second-order valence-electron chi connectivity index (χ2n) is 5.20. The molecule has 1 N–H and O–H groups in total. The van der Waals surface area contributed by atoms with Crippen LogP contribution < -0.4 is 5.32 Å². The van der Waals surface area contributed by atoms with E-state index in [1.54, 1.807) is 18.5 Å². The maximum Gasteiger partial charge on any atom is 0.253 e. The highest BCUT2D eigenvalue weighted by molar-refractivity contribution is 6.33. The van der Waals surface area contributed by atoms with Crippen molar-refractivity contribution in [2.75, 3.05) is 0 Å². The monoisotopic (exact) mass is 302 g/mol. The van der Waals surface area contributed by atoms with Crippen LogP contribution in [-0.2, 0) is 0 Å². The average Bonchev–Trinajstić information content (AvgIpc) is 3.29. The molecule has 0 unspecified atom stereocenters. The lowest BCUT2D eigenvalue weighted by Gasteiger charge is -2.17. The Morgan fingerprint density at radius 3 is 2.86 bits per heavy atom. The number of aryl methyl sites for hydroxylation is 1. The lowest BCUT2D eigenvalue weighted by molar-refractivity contribution is 0.0929. The van der Waals surface area contributed by atoms with Gasteiger partial charge in [0.15, 0.2) is 5.82 Å². The van der Waals surface area contributed by atoms with E-state index in [0.717, 1.165) is 18.5 Å². The first kappa shape index (κ1) is 13.9. The van der Waals surface area contributed by atoms with Gasteiger partial charge in [-0.3, -0.25) is 9.78 Å². The quantitative estimate of drug-likeness (QED) is 0.943. The van der Waals surface area contributed by atoms with Gasteiger partial charge >= 0.3 is 0 Å². The molecule has 6 heteroatoms. The van der Waals surface area contributed by atoms with Crippen molar-refractivity contribution >= 4 is 17.5 Å². The zero-order valence-electron chi connectivity index (χ0n) is 11.6. The molecule has 0 radical (unpaired) electrons. The van der Waals surface area contributed by atoms with E-state index in [9.17, 15) is 4.79 Å². The van der Waals surface area contributed by atoms with Crippen LogP contribution in [-0.4, -0.2) is 20.9 Å². The molecule has 1 atom stereocenters. The summed E-state index contributed by atoms with van der Waals surface area (Å²) >= 11 is 6.01. The number of nitrogens with one attached hydrogen (secondary N) is 1. The van der Waals surface area contributed by atoms with Crippen molar-refractivity contribution in [3.8, 4) is 0 Å². The molecule has 1 aliphatic carbocycles. The Kier molecular flexibility index (Phi) is 3.84. The van der Waals surface area contributed by atoms with Gasteiger partial charge in [0.1, 0.15) is 0 Å². The third-order valence-electron chi connectivity index (χ3n) is 3.49. The first-order chi connectivity index (χ1) is 10.1. The van der Waals surface area contributed by atoms with Crippen LogP contribution in [0.4, 0.5) is 0 Å². The zero-order chi connectivity index (χ0) is 14.8. The van der Waals surface area contributed by atoms with E-state index in [1.807, 2.05) is 13.0 Å². The molecule has 0 aromatic carbocycles. The molecule has 5 nitrogen and oxygen atoms in total. The molecule has 3 rings (SSSR count). The first-order valence-electron chi connectivity index (χ1n) is 6.85. The van der Waals surface area contributed by atoms with Gasteiger partial charge in [0, 0.05) is 24.3 Å². The Labute approximate surface area is 127 Å². The van der Waals surface area contributed by atoms with E-state index in [-0.39, 0.29) is 11.9 Å². The van der Waals surface area contributed by atoms with Gasteiger partial charge in [-0.15, -0.1) is 0 Å². The number of hydrogen-bond acceptors (Lipinski definition) is 4. The summed E-state index contributed by atoms with van der Waals surface area (Å²) in [5, 5.41) is 3.35. The summed E-state index contributed by atoms with van der Waals surface area (Å²) in [4.78, 5) is 25.0. The first-order valence-corrected chi connectivity index (χ1v) is 7.23. The van der Waals surface area contributed by atoms with Crippen molar-refractivity contribution in [2.45, 2.75) is 25.8 Å². The number of nitrogens with zero attached hydrogens (tertiary/aromatic N) is 3. The van der Waals surface area contributed by atoms with Crippen molar-refractivity contribution in [3.63, 3.8) is 0 Å². The predicted octanol–water partition coefficient (Wildman–Crippen LogP) is 2.71. The van der Waals surface area contributed by atoms with Crippen LogP contribution in [0.5, 0.6) is 0 Å². The summed E-state index contributed by atoms with van der Waals surface area (Å²) < 4.78 is 0. The van der Waals surface area contributed by atoms with E-state index in [1.165, 1.54) is 6.20 Å². The fraction of sp³-hybridized carbons (Fsp3) is 0.333. The summed E-state index contributed by atoms with van der Waals surface area (Å²) in [7, 11) is 0. The summed E-state index contributed by atoms with van der Waals surface area (Å²) in [6, 6.07) is 3.29. The molecule has 1 saturated carbocycles. The smallest absolute Gasteiger partial charge is 0.253 e. The van der Waals surface area contributed by atoms with Crippen LogP contribution in [0.25, 0.3) is 0 Å². The van der Waals surface area contributed by atoms with Crippen molar-refractivity contribution in [1.82, 2.24) is 20.3 Å². The highest BCUT2D eigenvalue weighted by atomic mass is 35.5. The van der Waals surface area contributed by atoms with Crippen LogP contribution in [0.3, 0.4) is 0 Å². The van der Waals surface area contributed by atoms with Crippen LogP contribution in [0.15, 0.2) is 30.7 Å². The van der Waals surface area contributed by atoms with Crippen molar-refractivity contribution in [2.24, 2.45) is 5.92 Å². The molecular formula is C15H15ClN4O. The van der Waals surface area contributed by atoms with Gasteiger partial charge < -0.3 is 5.32 Å². The normalized spacial score (nSPS) is 15.5. The number of carbonyl (C=O) groups excluding carboxylic acids is 1. The Hall–Kier alpha value is -2.01. The molecule has 2 aromatic heterocycles. The van der Waals surface area contributed by atoms with E-state index in [4.69, 9.17) is 11.6 Å². The summed E-state index contributed by atoms with van der Waals surface area (Å²) in [6.07, 6.45) is 6.89. The number of carbonyl (C=O) groups is 1. The van der Waals surface area contributed by atoms with E-state index in [0.29, 0.717) is 22.3 Å². The minimum atomic E-state index is -0.218. The molecule has 0 saturated heterocycles. The van der Waals surface area contributed by atoms with Gasteiger partial charge in [-0.1, -0.05) is 11.6 Å². The van der Waals surface area contributed by atoms with Gasteiger partial charge in [-0.05, 0) is 37.8 Å². The van der Waals surface area contributed by atoms with Gasteiger partial charge in [0.2, 0.25) is 0 Å². The summed E-state index contributed by atoms with van der Waals surface area (Å²) in [5.41, 5.74) is 1.31. The number of aromatic nitrogens is 3. The largest absolute Gasteiger partial charge is 0.342 e. The standard InChI is InChI=1S/C15H15ClN4O/c1-9-4-7-18-14(19-9)13(10-2-3-10)20-15(21)11-5-6-17-8-12(11)16/h4-8,10,13H,2-3H2,1H3,(H,20,21)/t13-/m0/s1. The van der Waals surface area contributed by atoms with Gasteiger partial charge in [-0.25, -0.2) is 9.97 Å². The molecular weight excluding hydrogens is 288 g/mol. The summed E-state index contributed by atoms with van der Waals surface area (Å²) in [5.74, 6) is 0.844. The zero-order valence-corrected chi connectivity index (χ0v) is 12.3. The van der Waals surface area contributed by atoms with Crippen molar-refractivity contribution in [1.29, 1.82) is 0 Å². The average molecular weight is 303 g/mol. The number of amides is 1.